The molecule has 0 fully saturated rings. The maximum absolute atomic E-state index is 11.7. The average molecular weight is 248 g/mol. The van der Waals surface area contributed by atoms with E-state index in [0.29, 0.717) is 24.7 Å². The molecule has 7 nitrogen and oxygen atoms in total. The Labute approximate surface area is 103 Å². The summed E-state index contributed by atoms with van der Waals surface area (Å²) in [5.41, 5.74) is 0.187. The molecule has 2 aromatic heterocycles. The van der Waals surface area contributed by atoms with E-state index in [1.165, 1.54) is 18.5 Å². The van der Waals surface area contributed by atoms with Crippen molar-refractivity contribution in [3.05, 3.63) is 35.7 Å². The van der Waals surface area contributed by atoms with Gasteiger partial charge in [0, 0.05) is 19.2 Å². The number of amides is 1. The molecule has 0 unspecified atom stereocenters. The summed E-state index contributed by atoms with van der Waals surface area (Å²) >= 11 is 0. The zero-order valence-corrected chi connectivity index (χ0v) is 9.75. The number of carbonyl (C=O) groups is 1. The van der Waals surface area contributed by atoms with Crippen molar-refractivity contribution in [3.63, 3.8) is 0 Å². The van der Waals surface area contributed by atoms with E-state index in [1.807, 2.05) is 0 Å². The number of nitrogens with one attached hydrogen (secondary N) is 1. The van der Waals surface area contributed by atoms with Crippen molar-refractivity contribution in [3.8, 4) is 5.75 Å². The standard InChI is InChI=1S/C11H12N4O3/c1-7-14-10(18-15-7)3-5-13-11(17)8-2-4-12-6-9(8)16/h2,4,6,16H,3,5H2,1H3,(H,13,17). The van der Waals surface area contributed by atoms with Crippen LogP contribution in [0.5, 0.6) is 5.75 Å². The van der Waals surface area contributed by atoms with E-state index in [4.69, 9.17) is 4.52 Å². The predicted octanol–water partition coefficient (Wildman–Crippen LogP) is 0.451. The third kappa shape index (κ3) is 2.82. The summed E-state index contributed by atoms with van der Waals surface area (Å²) in [6.07, 6.45) is 3.10. The van der Waals surface area contributed by atoms with Crippen molar-refractivity contribution in [2.24, 2.45) is 0 Å². The molecule has 0 bridgehead atoms. The van der Waals surface area contributed by atoms with E-state index in [1.54, 1.807) is 6.92 Å². The zero-order valence-electron chi connectivity index (χ0n) is 9.75. The lowest BCUT2D eigenvalue weighted by molar-refractivity contribution is 0.0950. The molecule has 1 amide bonds. The first-order valence-electron chi connectivity index (χ1n) is 5.37. The van der Waals surface area contributed by atoms with Gasteiger partial charge in [0.15, 0.2) is 5.82 Å². The van der Waals surface area contributed by atoms with Gasteiger partial charge in [-0.2, -0.15) is 4.98 Å². The van der Waals surface area contributed by atoms with E-state index in [0.717, 1.165) is 0 Å². The van der Waals surface area contributed by atoms with Crippen LogP contribution in [0.2, 0.25) is 0 Å². The number of rotatable bonds is 4. The van der Waals surface area contributed by atoms with Crippen LogP contribution in [-0.2, 0) is 6.42 Å². The molecule has 94 valence electrons. The fraction of sp³-hybridized carbons (Fsp3) is 0.273. The van der Waals surface area contributed by atoms with Gasteiger partial charge in [-0.1, -0.05) is 5.16 Å². The van der Waals surface area contributed by atoms with Gasteiger partial charge in [-0.15, -0.1) is 0 Å². The molecule has 2 N–H and O–H groups in total. The molecule has 0 saturated carbocycles. The van der Waals surface area contributed by atoms with Crippen molar-refractivity contribution in [1.82, 2.24) is 20.4 Å². The summed E-state index contributed by atoms with van der Waals surface area (Å²) in [5.74, 6) is 0.504. The topological polar surface area (TPSA) is 101 Å². The van der Waals surface area contributed by atoms with Crippen LogP contribution in [0.15, 0.2) is 23.0 Å². The summed E-state index contributed by atoms with van der Waals surface area (Å²) in [4.78, 5) is 19.4. The van der Waals surface area contributed by atoms with Gasteiger partial charge in [-0.3, -0.25) is 9.78 Å². The third-order valence-electron chi connectivity index (χ3n) is 2.24. The van der Waals surface area contributed by atoms with Crippen molar-refractivity contribution in [2.45, 2.75) is 13.3 Å². The first kappa shape index (κ1) is 12.0. The molecule has 2 rings (SSSR count). The highest BCUT2D eigenvalue weighted by atomic mass is 16.5. The van der Waals surface area contributed by atoms with Gasteiger partial charge < -0.3 is 14.9 Å². The third-order valence-corrected chi connectivity index (χ3v) is 2.24. The zero-order chi connectivity index (χ0) is 13.0. The Kier molecular flexibility index (Phi) is 3.52. The molecule has 0 aliphatic rings. The molecule has 0 spiro atoms. The maximum Gasteiger partial charge on any atom is 0.255 e. The number of aromatic hydroxyl groups is 1. The Hall–Kier alpha value is -2.44. The van der Waals surface area contributed by atoms with Gasteiger partial charge in [0.05, 0.1) is 11.8 Å². The first-order chi connectivity index (χ1) is 8.66. The fourth-order valence-corrected chi connectivity index (χ4v) is 1.40. The summed E-state index contributed by atoms with van der Waals surface area (Å²) in [7, 11) is 0. The lowest BCUT2D eigenvalue weighted by atomic mass is 10.2. The molecule has 18 heavy (non-hydrogen) atoms. The number of aromatic nitrogens is 3. The van der Waals surface area contributed by atoms with Crippen LogP contribution in [0.4, 0.5) is 0 Å². The SMILES string of the molecule is Cc1noc(CCNC(=O)c2ccncc2O)n1. The van der Waals surface area contributed by atoms with Crippen molar-refractivity contribution >= 4 is 5.91 Å². The van der Waals surface area contributed by atoms with Gasteiger partial charge in [0.1, 0.15) is 5.75 Å². The van der Waals surface area contributed by atoms with Crippen LogP contribution in [0.3, 0.4) is 0 Å². The second-order valence-corrected chi connectivity index (χ2v) is 3.63. The number of nitrogens with zero attached hydrogens (tertiary/aromatic N) is 3. The Morgan fingerprint density at radius 3 is 3.06 bits per heavy atom. The summed E-state index contributed by atoms with van der Waals surface area (Å²) in [6, 6.07) is 1.45. The largest absolute Gasteiger partial charge is 0.505 e. The van der Waals surface area contributed by atoms with E-state index < -0.39 is 0 Å². The molecular formula is C11H12N4O3. The Bertz CT molecular complexity index is 553. The number of pyridine rings is 1. The maximum atomic E-state index is 11.7. The molecule has 2 heterocycles. The average Bonchev–Trinajstić information content (AvgIpc) is 2.75. The van der Waals surface area contributed by atoms with E-state index >= 15 is 0 Å². The van der Waals surface area contributed by atoms with E-state index in [9.17, 15) is 9.90 Å². The van der Waals surface area contributed by atoms with E-state index in [2.05, 4.69) is 20.4 Å². The molecule has 0 saturated heterocycles. The van der Waals surface area contributed by atoms with Gasteiger partial charge >= 0.3 is 0 Å². The minimum Gasteiger partial charge on any atom is -0.505 e. The monoisotopic (exact) mass is 248 g/mol. The van der Waals surface area contributed by atoms with Crippen molar-refractivity contribution in [1.29, 1.82) is 0 Å². The van der Waals surface area contributed by atoms with Crippen LogP contribution in [0, 0.1) is 6.92 Å². The minimum absolute atomic E-state index is 0.149. The van der Waals surface area contributed by atoms with Gasteiger partial charge in [0.25, 0.3) is 5.91 Å². The number of hydrogen-bond acceptors (Lipinski definition) is 6. The fourth-order valence-electron chi connectivity index (χ4n) is 1.40. The molecule has 7 heteroatoms. The van der Waals surface area contributed by atoms with Gasteiger partial charge in [0.2, 0.25) is 5.89 Å². The Morgan fingerprint density at radius 1 is 1.56 bits per heavy atom. The highest BCUT2D eigenvalue weighted by molar-refractivity contribution is 5.96. The molecule has 0 aromatic carbocycles. The number of carbonyl (C=O) groups excluding carboxylic acids is 1. The van der Waals surface area contributed by atoms with Crippen LogP contribution in [0.1, 0.15) is 22.1 Å². The number of aryl methyl sites for hydroxylation is 1. The van der Waals surface area contributed by atoms with Gasteiger partial charge in [-0.25, -0.2) is 0 Å². The highest BCUT2D eigenvalue weighted by Gasteiger charge is 2.10. The lowest BCUT2D eigenvalue weighted by Crippen LogP contribution is -2.25. The summed E-state index contributed by atoms with van der Waals surface area (Å²) < 4.78 is 4.90. The second kappa shape index (κ2) is 5.26. The second-order valence-electron chi connectivity index (χ2n) is 3.63. The smallest absolute Gasteiger partial charge is 0.255 e. The Morgan fingerprint density at radius 2 is 2.39 bits per heavy atom. The predicted molar refractivity (Wildman–Crippen MR) is 61.0 cm³/mol. The molecular weight excluding hydrogens is 236 g/mol. The number of hydrogen-bond donors (Lipinski definition) is 2. The van der Waals surface area contributed by atoms with Gasteiger partial charge in [-0.05, 0) is 13.0 Å². The first-order valence-corrected chi connectivity index (χ1v) is 5.37. The van der Waals surface area contributed by atoms with Crippen LogP contribution in [-0.4, -0.2) is 32.7 Å². The van der Waals surface area contributed by atoms with Crippen molar-refractivity contribution < 1.29 is 14.4 Å². The summed E-state index contributed by atoms with van der Waals surface area (Å²) in [6.45, 7) is 2.07. The molecule has 0 aliphatic carbocycles. The van der Waals surface area contributed by atoms with E-state index in [-0.39, 0.29) is 17.2 Å². The quantitative estimate of drug-likeness (QED) is 0.814. The normalized spacial score (nSPS) is 10.3. The highest BCUT2D eigenvalue weighted by Crippen LogP contribution is 2.13. The molecule has 0 atom stereocenters. The van der Waals surface area contributed by atoms with Crippen LogP contribution in [0.25, 0.3) is 0 Å². The summed E-state index contributed by atoms with van der Waals surface area (Å²) in [5, 5.41) is 15.7. The minimum atomic E-state index is -0.369. The van der Waals surface area contributed by atoms with Crippen LogP contribution < -0.4 is 5.32 Å². The molecule has 0 radical (unpaired) electrons. The molecule has 0 aliphatic heterocycles. The molecule has 2 aromatic rings. The van der Waals surface area contributed by atoms with Crippen molar-refractivity contribution in [2.75, 3.05) is 6.54 Å². The van der Waals surface area contributed by atoms with Crippen LogP contribution >= 0.6 is 0 Å². The lowest BCUT2D eigenvalue weighted by Gasteiger charge is -2.04. The Balaban J connectivity index is 1.87.